The molecule has 20 heavy (non-hydrogen) atoms. The van der Waals surface area contributed by atoms with Crippen LogP contribution in [0.2, 0.25) is 0 Å². The first kappa shape index (κ1) is 15.8. The van der Waals surface area contributed by atoms with Crippen molar-refractivity contribution in [2.75, 3.05) is 13.7 Å². The number of ether oxygens (including phenoxy) is 2. The summed E-state index contributed by atoms with van der Waals surface area (Å²) >= 11 is 0. The lowest BCUT2D eigenvalue weighted by molar-refractivity contribution is -0.148. The van der Waals surface area contributed by atoms with Crippen LogP contribution in [0.5, 0.6) is 0 Å². The minimum absolute atomic E-state index is 0.205. The number of rotatable bonds is 5. The molecule has 0 aromatic carbocycles. The fraction of sp³-hybridized carbons (Fsp3) is 0.938. The van der Waals surface area contributed by atoms with Crippen LogP contribution in [-0.2, 0) is 14.3 Å². The first-order valence-corrected chi connectivity index (χ1v) is 8.05. The maximum Gasteiger partial charge on any atom is 0.326 e. The Hall–Kier alpha value is -0.610. The van der Waals surface area contributed by atoms with Gasteiger partial charge in [0, 0.05) is 6.61 Å². The highest BCUT2D eigenvalue weighted by atomic mass is 16.5. The van der Waals surface area contributed by atoms with Gasteiger partial charge in [-0.25, -0.2) is 0 Å². The van der Waals surface area contributed by atoms with Gasteiger partial charge in [-0.1, -0.05) is 26.2 Å². The van der Waals surface area contributed by atoms with E-state index in [0.29, 0.717) is 6.10 Å². The van der Waals surface area contributed by atoms with Crippen LogP contribution >= 0.6 is 0 Å². The Labute approximate surface area is 122 Å². The number of methoxy groups -OCH3 is 1. The van der Waals surface area contributed by atoms with Gasteiger partial charge >= 0.3 is 5.97 Å². The van der Waals surface area contributed by atoms with Crippen LogP contribution < -0.4 is 5.73 Å². The molecule has 4 nitrogen and oxygen atoms in total. The van der Waals surface area contributed by atoms with Gasteiger partial charge in [-0.05, 0) is 43.9 Å². The molecule has 0 aromatic rings. The molecule has 4 atom stereocenters. The van der Waals surface area contributed by atoms with E-state index in [2.05, 4.69) is 6.92 Å². The molecule has 0 saturated heterocycles. The van der Waals surface area contributed by atoms with E-state index in [4.69, 9.17) is 15.2 Å². The van der Waals surface area contributed by atoms with Gasteiger partial charge in [-0.15, -0.1) is 0 Å². The maximum absolute atomic E-state index is 11.9. The molecule has 2 aliphatic carbocycles. The van der Waals surface area contributed by atoms with Crippen LogP contribution in [0.4, 0.5) is 0 Å². The van der Waals surface area contributed by atoms with Crippen LogP contribution in [0.3, 0.4) is 0 Å². The van der Waals surface area contributed by atoms with Crippen molar-refractivity contribution in [3.05, 3.63) is 0 Å². The van der Waals surface area contributed by atoms with Crippen molar-refractivity contribution < 1.29 is 14.3 Å². The van der Waals surface area contributed by atoms with Gasteiger partial charge < -0.3 is 15.2 Å². The fourth-order valence-corrected chi connectivity index (χ4v) is 3.87. The molecule has 0 spiro atoms. The maximum atomic E-state index is 11.9. The number of hydrogen-bond donors (Lipinski definition) is 1. The molecule has 0 radical (unpaired) electrons. The van der Waals surface area contributed by atoms with E-state index in [-0.39, 0.29) is 11.9 Å². The summed E-state index contributed by atoms with van der Waals surface area (Å²) in [5, 5.41) is 0. The van der Waals surface area contributed by atoms with Gasteiger partial charge in [0.25, 0.3) is 0 Å². The van der Waals surface area contributed by atoms with Crippen molar-refractivity contribution in [1.29, 1.82) is 0 Å². The van der Waals surface area contributed by atoms with Crippen LogP contribution in [-0.4, -0.2) is 31.3 Å². The molecule has 4 unspecified atom stereocenters. The van der Waals surface area contributed by atoms with Crippen molar-refractivity contribution in [2.24, 2.45) is 17.6 Å². The summed E-state index contributed by atoms with van der Waals surface area (Å²) in [6, 6.07) is 0. The van der Waals surface area contributed by atoms with Gasteiger partial charge in [0.05, 0.1) is 13.2 Å². The third-order valence-electron chi connectivity index (χ3n) is 5.15. The molecule has 2 fully saturated rings. The molecule has 0 amide bonds. The summed E-state index contributed by atoms with van der Waals surface area (Å²) in [5.41, 5.74) is 5.49. The number of carbonyl (C=O) groups excluding carboxylic acids is 1. The van der Waals surface area contributed by atoms with Crippen molar-refractivity contribution in [3.63, 3.8) is 0 Å². The second-order valence-corrected chi connectivity index (χ2v) is 6.67. The number of hydrogen-bond acceptors (Lipinski definition) is 4. The summed E-state index contributed by atoms with van der Waals surface area (Å²) < 4.78 is 10.9. The molecule has 0 bridgehead atoms. The monoisotopic (exact) mass is 283 g/mol. The highest BCUT2D eigenvalue weighted by Crippen LogP contribution is 2.37. The smallest absolute Gasteiger partial charge is 0.326 e. The predicted molar refractivity (Wildman–Crippen MR) is 78.3 cm³/mol. The predicted octanol–water partition coefficient (Wildman–Crippen LogP) is 2.64. The van der Waals surface area contributed by atoms with E-state index in [0.717, 1.165) is 38.2 Å². The zero-order valence-electron chi connectivity index (χ0n) is 12.9. The molecule has 116 valence electrons. The standard InChI is InChI=1S/C16H29NO3/c1-12-5-3-7-14(11-12)20-10-8-13-6-4-9-16(13,17)15(18)19-2/h12-14H,3-11,17H2,1-2H3. The third-order valence-corrected chi connectivity index (χ3v) is 5.15. The van der Waals surface area contributed by atoms with E-state index in [1.165, 1.54) is 32.8 Å². The van der Waals surface area contributed by atoms with E-state index < -0.39 is 5.54 Å². The summed E-state index contributed by atoms with van der Waals surface area (Å²) in [4.78, 5) is 11.9. The molecular weight excluding hydrogens is 254 g/mol. The Balaban J connectivity index is 1.77. The topological polar surface area (TPSA) is 61.5 Å². The second-order valence-electron chi connectivity index (χ2n) is 6.67. The third kappa shape index (κ3) is 3.53. The average Bonchev–Trinajstić information content (AvgIpc) is 2.81. The molecule has 2 N–H and O–H groups in total. The van der Waals surface area contributed by atoms with E-state index in [1.54, 1.807) is 0 Å². The lowest BCUT2D eigenvalue weighted by Gasteiger charge is -2.30. The normalized spacial score (nSPS) is 37.9. The summed E-state index contributed by atoms with van der Waals surface area (Å²) in [5.74, 6) is 0.728. The van der Waals surface area contributed by atoms with E-state index in [1.807, 2.05) is 0 Å². The van der Waals surface area contributed by atoms with Crippen molar-refractivity contribution in [2.45, 2.75) is 69.9 Å². The SMILES string of the molecule is COC(=O)C1(N)CCCC1CCOC1CCCC(C)C1. The Morgan fingerprint density at radius 3 is 2.80 bits per heavy atom. The molecule has 2 rings (SSSR count). The molecule has 2 saturated carbocycles. The quantitative estimate of drug-likeness (QED) is 0.788. The van der Waals surface area contributed by atoms with E-state index >= 15 is 0 Å². The van der Waals surface area contributed by atoms with Gasteiger partial charge in [0.1, 0.15) is 5.54 Å². The summed E-state index contributed by atoms with van der Waals surface area (Å²) in [6.45, 7) is 3.02. The van der Waals surface area contributed by atoms with E-state index in [9.17, 15) is 4.79 Å². The van der Waals surface area contributed by atoms with Crippen molar-refractivity contribution >= 4 is 5.97 Å². The summed E-state index contributed by atoms with van der Waals surface area (Å²) in [7, 11) is 1.42. The van der Waals surface area contributed by atoms with Gasteiger partial charge in [-0.3, -0.25) is 4.79 Å². The Bertz CT molecular complexity index is 334. The number of nitrogens with two attached hydrogens (primary N) is 1. The fourth-order valence-electron chi connectivity index (χ4n) is 3.87. The lowest BCUT2D eigenvalue weighted by Crippen LogP contribution is -2.52. The molecule has 4 heteroatoms. The average molecular weight is 283 g/mol. The second kappa shape index (κ2) is 6.90. The molecule has 0 heterocycles. The highest BCUT2D eigenvalue weighted by Gasteiger charge is 2.46. The molecule has 0 aromatic heterocycles. The van der Waals surface area contributed by atoms with Gasteiger partial charge in [0.15, 0.2) is 0 Å². The minimum Gasteiger partial charge on any atom is -0.468 e. The van der Waals surface area contributed by atoms with Crippen LogP contribution in [0, 0.1) is 11.8 Å². The molecule has 2 aliphatic rings. The largest absolute Gasteiger partial charge is 0.468 e. The zero-order chi connectivity index (χ0) is 14.6. The number of esters is 1. The highest BCUT2D eigenvalue weighted by molar-refractivity contribution is 5.81. The van der Waals surface area contributed by atoms with Crippen LogP contribution in [0.25, 0.3) is 0 Å². The Morgan fingerprint density at radius 2 is 2.10 bits per heavy atom. The first-order valence-electron chi connectivity index (χ1n) is 8.05. The van der Waals surface area contributed by atoms with Gasteiger partial charge in [0.2, 0.25) is 0 Å². The van der Waals surface area contributed by atoms with Crippen molar-refractivity contribution in [1.82, 2.24) is 0 Å². The minimum atomic E-state index is -0.780. The summed E-state index contributed by atoms with van der Waals surface area (Å²) in [6.07, 6.45) is 9.00. The Morgan fingerprint density at radius 1 is 1.30 bits per heavy atom. The van der Waals surface area contributed by atoms with Crippen LogP contribution in [0.1, 0.15) is 58.3 Å². The zero-order valence-corrected chi connectivity index (χ0v) is 12.9. The van der Waals surface area contributed by atoms with Gasteiger partial charge in [-0.2, -0.15) is 0 Å². The molecular formula is C16H29NO3. The lowest BCUT2D eigenvalue weighted by atomic mass is 9.85. The van der Waals surface area contributed by atoms with Crippen molar-refractivity contribution in [3.8, 4) is 0 Å². The first-order chi connectivity index (χ1) is 9.56. The number of carbonyl (C=O) groups is 1. The van der Waals surface area contributed by atoms with Crippen LogP contribution in [0.15, 0.2) is 0 Å². The Kier molecular flexibility index (Phi) is 5.44. The molecule has 0 aliphatic heterocycles.